The van der Waals surface area contributed by atoms with Crippen LogP contribution in [0.1, 0.15) is 12.8 Å². The Labute approximate surface area is 136 Å². The monoisotopic (exact) mass is 317 g/mol. The van der Waals surface area contributed by atoms with Crippen LogP contribution in [0.5, 0.6) is 0 Å². The molecule has 3 fully saturated rings. The van der Waals surface area contributed by atoms with Crippen LogP contribution < -0.4 is 9.80 Å². The van der Waals surface area contributed by atoms with Crippen molar-refractivity contribution in [2.75, 3.05) is 62.3 Å². The van der Waals surface area contributed by atoms with E-state index < -0.39 is 0 Å². The first-order valence-corrected chi connectivity index (χ1v) is 8.50. The summed E-state index contributed by atoms with van der Waals surface area (Å²) in [7, 11) is 0. The highest BCUT2D eigenvalue weighted by molar-refractivity contribution is 5.81. The lowest BCUT2D eigenvalue weighted by atomic mass is 10.2. The number of carbonyl (C=O) groups excluding carboxylic acids is 1. The van der Waals surface area contributed by atoms with E-state index in [0.717, 1.165) is 76.8 Å². The third-order valence-electron chi connectivity index (χ3n) is 4.85. The van der Waals surface area contributed by atoms with Crippen molar-refractivity contribution in [3.63, 3.8) is 0 Å². The molecule has 2 saturated heterocycles. The molecular formula is C16H23N5O2. The molecule has 23 heavy (non-hydrogen) atoms. The van der Waals surface area contributed by atoms with Crippen molar-refractivity contribution in [3.8, 4) is 0 Å². The van der Waals surface area contributed by atoms with Gasteiger partial charge in [-0.2, -0.15) is 5.10 Å². The second kappa shape index (κ2) is 6.31. The zero-order valence-electron chi connectivity index (χ0n) is 13.4. The van der Waals surface area contributed by atoms with Crippen molar-refractivity contribution in [3.05, 3.63) is 12.3 Å². The summed E-state index contributed by atoms with van der Waals surface area (Å²) in [4.78, 5) is 18.7. The first kappa shape index (κ1) is 14.7. The van der Waals surface area contributed by atoms with Crippen molar-refractivity contribution in [1.29, 1.82) is 0 Å². The Morgan fingerprint density at radius 1 is 1.04 bits per heavy atom. The van der Waals surface area contributed by atoms with Crippen LogP contribution in [-0.4, -0.2) is 73.5 Å². The Morgan fingerprint density at radius 2 is 1.78 bits per heavy atom. The smallest absolute Gasteiger partial charge is 0.225 e. The number of aromatic nitrogens is 2. The van der Waals surface area contributed by atoms with Crippen LogP contribution >= 0.6 is 0 Å². The maximum Gasteiger partial charge on any atom is 0.225 e. The zero-order chi connectivity index (χ0) is 15.6. The fourth-order valence-electron chi connectivity index (χ4n) is 3.24. The van der Waals surface area contributed by atoms with Crippen LogP contribution in [0, 0.1) is 5.92 Å². The molecule has 0 spiro atoms. The minimum Gasteiger partial charge on any atom is -0.378 e. The number of piperazine rings is 1. The SMILES string of the molecule is O=C(C1CC1)N1CCN(c2cnnc(N3CCOCC3)c2)CC1. The Hall–Kier alpha value is -1.89. The predicted molar refractivity (Wildman–Crippen MR) is 86.6 cm³/mol. The highest BCUT2D eigenvalue weighted by Gasteiger charge is 2.34. The van der Waals surface area contributed by atoms with Crippen LogP contribution in [0.25, 0.3) is 0 Å². The van der Waals surface area contributed by atoms with Gasteiger partial charge in [-0.15, -0.1) is 5.10 Å². The molecule has 1 aromatic rings. The average Bonchev–Trinajstić information content (AvgIpc) is 3.47. The highest BCUT2D eigenvalue weighted by Crippen LogP contribution is 2.31. The molecule has 0 aromatic carbocycles. The molecule has 1 saturated carbocycles. The lowest BCUT2D eigenvalue weighted by Gasteiger charge is -2.36. The van der Waals surface area contributed by atoms with E-state index in [4.69, 9.17) is 4.74 Å². The van der Waals surface area contributed by atoms with Crippen LogP contribution in [0.2, 0.25) is 0 Å². The first-order valence-electron chi connectivity index (χ1n) is 8.50. The standard InChI is InChI=1S/C16H23N5O2/c22-16(13-1-2-13)21-5-3-19(4-6-21)14-11-15(18-17-12-14)20-7-9-23-10-8-20/h11-13H,1-10H2. The van der Waals surface area contributed by atoms with Gasteiger partial charge in [-0.1, -0.05) is 0 Å². The van der Waals surface area contributed by atoms with Crippen molar-refractivity contribution in [2.24, 2.45) is 5.92 Å². The number of nitrogens with zero attached hydrogens (tertiary/aromatic N) is 5. The van der Waals surface area contributed by atoms with Crippen LogP contribution in [-0.2, 0) is 9.53 Å². The van der Waals surface area contributed by atoms with E-state index in [1.165, 1.54) is 0 Å². The number of carbonyl (C=O) groups is 1. The molecule has 2 aliphatic heterocycles. The topological polar surface area (TPSA) is 61.8 Å². The molecule has 3 aliphatic rings. The molecule has 0 bridgehead atoms. The molecule has 3 heterocycles. The molecule has 0 radical (unpaired) electrons. The van der Waals surface area contributed by atoms with Gasteiger partial charge in [0, 0.05) is 51.3 Å². The van der Waals surface area contributed by atoms with Crippen molar-refractivity contribution in [1.82, 2.24) is 15.1 Å². The minimum atomic E-state index is 0.317. The number of hydrogen-bond donors (Lipinski definition) is 0. The second-order valence-electron chi connectivity index (χ2n) is 6.46. The average molecular weight is 317 g/mol. The summed E-state index contributed by atoms with van der Waals surface area (Å²) in [6.45, 7) is 6.57. The number of hydrogen-bond acceptors (Lipinski definition) is 6. The molecule has 7 heteroatoms. The lowest BCUT2D eigenvalue weighted by molar-refractivity contribution is -0.132. The highest BCUT2D eigenvalue weighted by atomic mass is 16.5. The van der Waals surface area contributed by atoms with E-state index in [1.807, 2.05) is 11.1 Å². The van der Waals surface area contributed by atoms with Crippen LogP contribution in [0.15, 0.2) is 12.3 Å². The summed E-state index contributed by atoms with van der Waals surface area (Å²) in [5.74, 6) is 1.59. The molecular weight excluding hydrogens is 294 g/mol. The van der Waals surface area contributed by atoms with Crippen LogP contribution in [0.4, 0.5) is 11.5 Å². The van der Waals surface area contributed by atoms with Gasteiger partial charge in [0.15, 0.2) is 5.82 Å². The fraction of sp³-hybridized carbons (Fsp3) is 0.688. The molecule has 1 aliphatic carbocycles. The Morgan fingerprint density at radius 3 is 2.48 bits per heavy atom. The third kappa shape index (κ3) is 3.24. The summed E-state index contributed by atoms with van der Waals surface area (Å²) >= 11 is 0. The van der Waals surface area contributed by atoms with E-state index in [-0.39, 0.29) is 0 Å². The molecule has 1 aromatic heterocycles. The summed E-state index contributed by atoms with van der Waals surface area (Å²) < 4.78 is 5.39. The number of ether oxygens (including phenoxy) is 1. The number of anilines is 2. The molecule has 0 N–H and O–H groups in total. The van der Waals surface area contributed by atoms with Gasteiger partial charge in [0.2, 0.25) is 5.91 Å². The van der Waals surface area contributed by atoms with Gasteiger partial charge in [-0.25, -0.2) is 0 Å². The summed E-state index contributed by atoms with van der Waals surface area (Å²) in [5.41, 5.74) is 1.10. The maximum atomic E-state index is 12.1. The number of morpholine rings is 1. The van der Waals surface area contributed by atoms with Gasteiger partial charge < -0.3 is 19.4 Å². The van der Waals surface area contributed by atoms with E-state index in [1.54, 1.807) is 0 Å². The largest absolute Gasteiger partial charge is 0.378 e. The zero-order valence-corrected chi connectivity index (χ0v) is 13.4. The van der Waals surface area contributed by atoms with Gasteiger partial charge in [0.25, 0.3) is 0 Å². The van der Waals surface area contributed by atoms with Gasteiger partial charge >= 0.3 is 0 Å². The quantitative estimate of drug-likeness (QED) is 0.803. The molecule has 0 unspecified atom stereocenters. The Balaban J connectivity index is 1.39. The minimum absolute atomic E-state index is 0.317. The van der Waals surface area contributed by atoms with Gasteiger partial charge in [0.1, 0.15) is 0 Å². The Kier molecular flexibility index (Phi) is 4.03. The van der Waals surface area contributed by atoms with Gasteiger partial charge in [-0.05, 0) is 12.8 Å². The summed E-state index contributed by atoms with van der Waals surface area (Å²) in [5, 5.41) is 8.43. The molecule has 0 atom stereocenters. The Bertz CT molecular complexity index is 563. The molecule has 1 amide bonds. The molecule has 4 rings (SSSR count). The van der Waals surface area contributed by atoms with Crippen molar-refractivity contribution in [2.45, 2.75) is 12.8 Å². The molecule has 7 nitrogen and oxygen atoms in total. The van der Waals surface area contributed by atoms with Gasteiger partial charge in [0.05, 0.1) is 25.1 Å². The predicted octanol–water partition coefficient (Wildman–Crippen LogP) is 0.372. The van der Waals surface area contributed by atoms with E-state index in [9.17, 15) is 4.79 Å². The first-order chi connectivity index (χ1) is 11.3. The lowest BCUT2D eigenvalue weighted by Crippen LogP contribution is -2.49. The van der Waals surface area contributed by atoms with Crippen LogP contribution in [0.3, 0.4) is 0 Å². The normalized spacial score (nSPS) is 22.3. The fourth-order valence-corrected chi connectivity index (χ4v) is 3.24. The van der Waals surface area contributed by atoms with Gasteiger partial charge in [-0.3, -0.25) is 4.79 Å². The summed E-state index contributed by atoms with van der Waals surface area (Å²) in [6.07, 6.45) is 3.98. The maximum absolute atomic E-state index is 12.1. The van der Waals surface area contributed by atoms with Crippen molar-refractivity contribution >= 4 is 17.4 Å². The van der Waals surface area contributed by atoms with E-state index in [0.29, 0.717) is 11.8 Å². The van der Waals surface area contributed by atoms with E-state index in [2.05, 4.69) is 26.1 Å². The third-order valence-corrected chi connectivity index (χ3v) is 4.85. The van der Waals surface area contributed by atoms with Crippen molar-refractivity contribution < 1.29 is 9.53 Å². The number of amides is 1. The number of rotatable bonds is 3. The second-order valence-corrected chi connectivity index (χ2v) is 6.46. The summed E-state index contributed by atoms with van der Waals surface area (Å²) in [6, 6.07) is 2.11. The molecule has 124 valence electrons. The van der Waals surface area contributed by atoms with E-state index >= 15 is 0 Å².